The van der Waals surface area contributed by atoms with E-state index in [0.717, 1.165) is 24.5 Å². The number of rotatable bonds is 8. The molecule has 0 saturated carbocycles. The molecule has 0 aliphatic rings. The summed E-state index contributed by atoms with van der Waals surface area (Å²) in [6.07, 6.45) is 0.999. The van der Waals surface area contributed by atoms with E-state index < -0.39 is 0 Å². The predicted molar refractivity (Wildman–Crippen MR) is 120 cm³/mol. The standard InChI is InChI=1S/C21H26N4O.HI/c1-17(20-7-4-3-5-8-20)26-14-6-13-24-21(23-2)25-16-19-11-9-18(15-22)10-12-19;/h3-5,7-12,17H,6,13-14,16H2,1-2H3,(H2,23,24,25);1H. The highest BCUT2D eigenvalue weighted by molar-refractivity contribution is 14.0. The molecule has 0 amide bonds. The maximum atomic E-state index is 8.82. The van der Waals surface area contributed by atoms with E-state index in [0.29, 0.717) is 18.7 Å². The third-order valence-corrected chi connectivity index (χ3v) is 4.02. The number of guanidine groups is 1. The highest BCUT2D eigenvalue weighted by Gasteiger charge is 2.04. The van der Waals surface area contributed by atoms with Gasteiger partial charge in [0, 0.05) is 26.7 Å². The molecule has 0 heterocycles. The Hall–Kier alpha value is -2.11. The van der Waals surface area contributed by atoms with Gasteiger partial charge in [0.2, 0.25) is 0 Å². The minimum Gasteiger partial charge on any atom is -0.374 e. The molecule has 2 aromatic rings. The molecule has 5 nitrogen and oxygen atoms in total. The van der Waals surface area contributed by atoms with Crippen LogP contribution in [0.15, 0.2) is 59.6 Å². The monoisotopic (exact) mass is 478 g/mol. The number of nitrogens with one attached hydrogen (secondary N) is 2. The molecule has 2 N–H and O–H groups in total. The molecule has 27 heavy (non-hydrogen) atoms. The Balaban J connectivity index is 0.00000364. The Morgan fingerprint density at radius 3 is 2.44 bits per heavy atom. The first kappa shape index (κ1) is 22.9. The van der Waals surface area contributed by atoms with E-state index >= 15 is 0 Å². The average molecular weight is 478 g/mol. The number of ether oxygens (including phenoxy) is 1. The second-order valence-corrected chi connectivity index (χ2v) is 5.94. The van der Waals surface area contributed by atoms with Crippen LogP contribution in [0.2, 0.25) is 0 Å². The molecule has 144 valence electrons. The zero-order valence-electron chi connectivity index (χ0n) is 15.8. The van der Waals surface area contributed by atoms with Gasteiger partial charge in [-0.15, -0.1) is 24.0 Å². The summed E-state index contributed by atoms with van der Waals surface area (Å²) in [5.74, 6) is 0.755. The SMILES string of the molecule is CN=C(NCCCOC(C)c1ccccc1)NCc1ccc(C#N)cc1.I. The van der Waals surface area contributed by atoms with E-state index in [9.17, 15) is 0 Å². The Kier molecular flexibility index (Phi) is 11.1. The van der Waals surface area contributed by atoms with E-state index in [2.05, 4.69) is 40.8 Å². The lowest BCUT2D eigenvalue weighted by molar-refractivity contribution is 0.0646. The number of hydrogen-bond acceptors (Lipinski definition) is 3. The predicted octanol–water partition coefficient (Wildman–Crippen LogP) is 4.01. The van der Waals surface area contributed by atoms with Crippen LogP contribution < -0.4 is 10.6 Å². The van der Waals surface area contributed by atoms with Gasteiger partial charge in [-0.05, 0) is 36.6 Å². The van der Waals surface area contributed by atoms with Crippen molar-refractivity contribution in [1.29, 1.82) is 5.26 Å². The van der Waals surface area contributed by atoms with Crippen LogP contribution in [0.3, 0.4) is 0 Å². The fourth-order valence-corrected chi connectivity index (χ4v) is 2.46. The number of aliphatic imine (C=N–C) groups is 1. The Bertz CT molecular complexity index is 726. The fraction of sp³-hybridized carbons (Fsp3) is 0.333. The zero-order chi connectivity index (χ0) is 18.6. The number of halogens is 1. The molecule has 2 rings (SSSR count). The van der Waals surface area contributed by atoms with Crippen molar-refractivity contribution in [3.8, 4) is 6.07 Å². The number of hydrogen-bond donors (Lipinski definition) is 2. The third-order valence-electron chi connectivity index (χ3n) is 4.02. The number of nitrogens with zero attached hydrogens (tertiary/aromatic N) is 2. The van der Waals surface area contributed by atoms with Crippen molar-refractivity contribution in [2.24, 2.45) is 4.99 Å². The Labute approximate surface area is 178 Å². The van der Waals surface area contributed by atoms with E-state index in [1.165, 1.54) is 5.56 Å². The van der Waals surface area contributed by atoms with Gasteiger partial charge in [0.1, 0.15) is 0 Å². The van der Waals surface area contributed by atoms with Gasteiger partial charge < -0.3 is 15.4 Å². The molecule has 1 unspecified atom stereocenters. The molecular weight excluding hydrogens is 451 g/mol. The maximum Gasteiger partial charge on any atom is 0.191 e. The highest BCUT2D eigenvalue weighted by Crippen LogP contribution is 2.15. The first-order valence-corrected chi connectivity index (χ1v) is 8.83. The normalized spacial score (nSPS) is 11.8. The molecule has 0 radical (unpaired) electrons. The lowest BCUT2D eigenvalue weighted by Gasteiger charge is -2.15. The van der Waals surface area contributed by atoms with Crippen molar-refractivity contribution in [2.75, 3.05) is 20.2 Å². The molecule has 0 fully saturated rings. The lowest BCUT2D eigenvalue weighted by Crippen LogP contribution is -2.37. The van der Waals surface area contributed by atoms with Gasteiger partial charge >= 0.3 is 0 Å². The van der Waals surface area contributed by atoms with Crippen LogP contribution in [0.4, 0.5) is 0 Å². The van der Waals surface area contributed by atoms with Crippen LogP contribution >= 0.6 is 24.0 Å². The minimum absolute atomic E-state index is 0. The molecule has 0 aliphatic carbocycles. The van der Waals surface area contributed by atoms with Gasteiger partial charge in [-0.2, -0.15) is 5.26 Å². The molecule has 0 saturated heterocycles. The summed E-state index contributed by atoms with van der Waals surface area (Å²) in [6.45, 7) is 4.21. The quantitative estimate of drug-likeness (QED) is 0.261. The van der Waals surface area contributed by atoms with Crippen molar-refractivity contribution in [3.63, 3.8) is 0 Å². The number of benzene rings is 2. The second kappa shape index (κ2) is 13.1. The lowest BCUT2D eigenvalue weighted by atomic mass is 10.1. The van der Waals surface area contributed by atoms with Gasteiger partial charge in [-0.1, -0.05) is 42.5 Å². The summed E-state index contributed by atoms with van der Waals surface area (Å²) in [6, 6.07) is 19.9. The molecule has 0 aromatic heterocycles. The smallest absolute Gasteiger partial charge is 0.191 e. The summed E-state index contributed by atoms with van der Waals surface area (Å²) in [5, 5.41) is 15.4. The van der Waals surface area contributed by atoms with Gasteiger partial charge in [0.15, 0.2) is 5.96 Å². The van der Waals surface area contributed by atoms with Gasteiger partial charge in [-0.25, -0.2) is 0 Å². The van der Waals surface area contributed by atoms with E-state index in [4.69, 9.17) is 10.00 Å². The summed E-state index contributed by atoms with van der Waals surface area (Å²) in [7, 11) is 1.75. The summed E-state index contributed by atoms with van der Waals surface area (Å²) in [4.78, 5) is 4.22. The minimum atomic E-state index is 0. The Morgan fingerprint density at radius 1 is 1.11 bits per heavy atom. The van der Waals surface area contributed by atoms with Crippen molar-refractivity contribution in [2.45, 2.75) is 26.0 Å². The van der Waals surface area contributed by atoms with Crippen LogP contribution in [0.25, 0.3) is 0 Å². The first-order valence-electron chi connectivity index (χ1n) is 8.83. The van der Waals surface area contributed by atoms with Crippen LogP contribution in [-0.2, 0) is 11.3 Å². The molecule has 0 spiro atoms. The summed E-state index contributed by atoms with van der Waals surface area (Å²) in [5.41, 5.74) is 2.97. The van der Waals surface area contributed by atoms with Gasteiger partial charge in [0.25, 0.3) is 0 Å². The average Bonchev–Trinajstić information content (AvgIpc) is 2.71. The van der Waals surface area contributed by atoms with Crippen LogP contribution in [0.1, 0.15) is 36.1 Å². The van der Waals surface area contributed by atoms with E-state index in [1.807, 2.05) is 42.5 Å². The zero-order valence-corrected chi connectivity index (χ0v) is 18.1. The maximum absolute atomic E-state index is 8.82. The van der Waals surface area contributed by atoms with Crippen LogP contribution in [0.5, 0.6) is 0 Å². The first-order chi connectivity index (χ1) is 12.7. The van der Waals surface area contributed by atoms with E-state index in [-0.39, 0.29) is 30.1 Å². The molecule has 6 heteroatoms. The molecule has 0 aliphatic heterocycles. The molecule has 2 aromatic carbocycles. The summed E-state index contributed by atoms with van der Waals surface area (Å²) < 4.78 is 5.87. The Morgan fingerprint density at radius 2 is 1.81 bits per heavy atom. The molecule has 0 bridgehead atoms. The topological polar surface area (TPSA) is 69.4 Å². The molecule has 1 atom stereocenters. The second-order valence-electron chi connectivity index (χ2n) is 5.94. The van der Waals surface area contributed by atoms with E-state index in [1.54, 1.807) is 7.05 Å². The van der Waals surface area contributed by atoms with Gasteiger partial charge in [-0.3, -0.25) is 4.99 Å². The van der Waals surface area contributed by atoms with Crippen LogP contribution in [0, 0.1) is 11.3 Å². The van der Waals surface area contributed by atoms with Crippen molar-refractivity contribution < 1.29 is 4.74 Å². The van der Waals surface area contributed by atoms with Crippen molar-refractivity contribution in [1.82, 2.24) is 10.6 Å². The van der Waals surface area contributed by atoms with Crippen LogP contribution in [-0.4, -0.2) is 26.2 Å². The van der Waals surface area contributed by atoms with Crippen molar-refractivity contribution in [3.05, 3.63) is 71.3 Å². The number of nitriles is 1. The highest BCUT2D eigenvalue weighted by atomic mass is 127. The van der Waals surface area contributed by atoms with Crippen molar-refractivity contribution >= 4 is 29.9 Å². The third kappa shape index (κ3) is 8.41. The fourth-order valence-electron chi connectivity index (χ4n) is 2.46. The largest absolute Gasteiger partial charge is 0.374 e. The van der Waals surface area contributed by atoms with Gasteiger partial charge in [0.05, 0.1) is 17.7 Å². The summed E-state index contributed by atoms with van der Waals surface area (Å²) >= 11 is 0. The molecular formula is C21H27IN4O.